The van der Waals surface area contributed by atoms with Crippen molar-refractivity contribution in [2.75, 3.05) is 187 Å². The lowest BCUT2D eigenvalue weighted by Crippen LogP contribution is -2.52. The van der Waals surface area contributed by atoms with Crippen molar-refractivity contribution in [1.29, 1.82) is 0 Å². The molecule has 25 heteroatoms. The summed E-state index contributed by atoms with van der Waals surface area (Å²) in [6.45, 7) is 39.2. The Bertz CT molecular complexity index is 1620. The van der Waals surface area contributed by atoms with Gasteiger partial charge in [-0.2, -0.15) is 0 Å². The van der Waals surface area contributed by atoms with E-state index < -0.39 is 37.4 Å². The first-order valence-electron chi connectivity index (χ1n) is 32.5. The molecule has 0 rings (SSSR count). The Morgan fingerprint density at radius 3 is 1.14 bits per heavy atom. The lowest BCUT2D eigenvalue weighted by molar-refractivity contribution is 0.0727. The molecule has 2 unspecified atom stereocenters. The predicted octanol–water partition coefficient (Wildman–Crippen LogP) is 9.18. The van der Waals surface area contributed by atoms with Gasteiger partial charge in [0.25, 0.3) is 0 Å². The van der Waals surface area contributed by atoms with Crippen molar-refractivity contribution in [1.82, 2.24) is 50.7 Å². The normalized spacial score (nSPS) is 12.8. The van der Waals surface area contributed by atoms with Crippen LogP contribution in [0, 0.1) is 0 Å². The highest BCUT2D eigenvalue weighted by atomic mass is 28.5. The van der Waals surface area contributed by atoms with Crippen LogP contribution in [0.5, 0.6) is 0 Å². The average Bonchev–Trinajstić information content (AvgIpc) is 3.60. The molecular formula is C60H132N10O12Si3. The number of amides is 4. The lowest BCUT2D eigenvalue weighted by atomic mass is 10.2. The topological polar surface area (TPSA) is 210 Å². The Morgan fingerprint density at radius 1 is 0.412 bits per heavy atom. The molecule has 0 radical (unpaired) electrons. The summed E-state index contributed by atoms with van der Waals surface area (Å²) in [4.78, 5) is 61.7. The Labute approximate surface area is 522 Å². The molecular weight excluding hydrogens is 1140 g/mol. The summed E-state index contributed by atoms with van der Waals surface area (Å²) in [6, 6.07) is 2.10. The number of rotatable bonds is 53. The number of hydrogen-bond donors (Lipinski definition) is 4. The maximum atomic E-state index is 12.3. The number of nitrogens with one attached hydrogen (secondary N) is 4. The number of unbranched alkanes of at least 4 members (excludes halogenated alkanes) is 6. The fraction of sp³-hybridized carbons (Fsp3) is 0.933. The molecule has 4 amide bonds. The van der Waals surface area contributed by atoms with Gasteiger partial charge in [0.2, 0.25) is 0 Å². The molecule has 0 aromatic carbocycles. The monoisotopic (exact) mass is 1270 g/mol. The predicted molar refractivity (Wildman–Crippen MR) is 356 cm³/mol. The molecule has 2 atom stereocenters. The van der Waals surface area contributed by atoms with Crippen LogP contribution >= 0.6 is 0 Å². The first kappa shape index (κ1) is 84.4. The van der Waals surface area contributed by atoms with Gasteiger partial charge in [0.1, 0.15) is 25.4 Å². The van der Waals surface area contributed by atoms with Crippen molar-refractivity contribution in [2.45, 2.75) is 182 Å². The van der Waals surface area contributed by atoms with Crippen LogP contribution in [0.4, 0.5) is 19.2 Å². The van der Waals surface area contributed by atoms with Gasteiger partial charge in [0, 0.05) is 52.5 Å². The fourth-order valence-electron chi connectivity index (χ4n) is 9.17. The van der Waals surface area contributed by atoms with Crippen LogP contribution in [0.25, 0.3) is 0 Å². The summed E-state index contributed by atoms with van der Waals surface area (Å²) in [7, 11) is 9.08. The van der Waals surface area contributed by atoms with Crippen LogP contribution < -0.4 is 21.3 Å². The highest BCUT2D eigenvalue weighted by molar-refractivity contribution is 6.87. The zero-order valence-electron chi connectivity index (χ0n) is 57.7. The van der Waals surface area contributed by atoms with Crippen molar-refractivity contribution in [3.63, 3.8) is 0 Å². The van der Waals surface area contributed by atoms with E-state index in [1.807, 2.05) is 20.8 Å². The van der Waals surface area contributed by atoms with Gasteiger partial charge in [0.05, 0.1) is 13.2 Å². The second-order valence-corrected chi connectivity index (χ2v) is 37.6. The number of hydrogen-bond acceptors (Lipinski definition) is 18. The highest BCUT2D eigenvalue weighted by Crippen LogP contribution is 2.25. The summed E-state index contributed by atoms with van der Waals surface area (Å²) in [5.41, 5.74) is 0. The average molecular weight is 1270 g/mol. The van der Waals surface area contributed by atoms with Gasteiger partial charge in [-0.05, 0) is 238 Å². The van der Waals surface area contributed by atoms with E-state index in [-0.39, 0.29) is 37.6 Å². The van der Waals surface area contributed by atoms with E-state index in [1.165, 1.54) is 0 Å². The lowest BCUT2D eigenvalue weighted by Gasteiger charge is -2.38. The SMILES string of the molecule is CCOCCOC(=O)NCCCCCCNC(=O)OC(C)CN(CCCN(C)C)CCCN(C)CC.CC[Si](C)(C)O[Si](C)(C)O[Si](C)(C)CCCOCCOC(=O)NCCCCCCNC(=O)OC(C)CN(CCCN(C)C)CCCN(C)C. The quantitative estimate of drug-likeness (QED) is 0.0254. The van der Waals surface area contributed by atoms with Crippen molar-refractivity contribution >= 4 is 49.6 Å². The molecule has 85 heavy (non-hydrogen) atoms. The van der Waals surface area contributed by atoms with Gasteiger partial charge >= 0.3 is 32.9 Å². The maximum Gasteiger partial charge on any atom is 0.407 e. The number of carbonyl (C=O) groups excluding carboxylic acids is 4. The van der Waals surface area contributed by atoms with Crippen molar-refractivity contribution in [2.24, 2.45) is 0 Å². The van der Waals surface area contributed by atoms with Gasteiger partial charge in [0.15, 0.2) is 16.6 Å². The Hall–Kier alpha value is -2.67. The molecule has 0 aromatic rings. The number of nitrogens with zero attached hydrogens (tertiary/aromatic N) is 6. The minimum absolute atomic E-state index is 0.160. The fourth-order valence-corrected chi connectivity index (χ4v) is 22.3. The van der Waals surface area contributed by atoms with Gasteiger partial charge < -0.3 is 77.5 Å². The minimum atomic E-state index is -2.14. The van der Waals surface area contributed by atoms with E-state index in [9.17, 15) is 19.2 Å². The van der Waals surface area contributed by atoms with Gasteiger partial charge in [-0.15, -0.1) is 0 Å². The molecule has 0 aliphatic rings. The van der Waals surface area contributed by atoms with Crippen LogP contribution in [0.15, 0.2) is 0 Å². The summed E-state index contributed by atoms with van der Waals surface area (Å²) >= 11 is 0. The summed E-state index contributed by atoms with van der Waals surface area (Å²) in [6.07, 6.45) is 10.8. The zero-order chi connectivity index (χ0) is 64.4. The molecule has 0 aliphatic heterocycles. The molecule has 0 aromatic heterocycles. The maximum absolute atomic E-state index is 12.3. The first-order chi connectivity index (χ1) is 40.1. The third-order valence-electron chi connectivity index (χ3n) is 13.8. The first-order valence-corrected chi connectivity index (χ1v) is 41.5. The van der Waals surface area contributed by atoms with Crippen molar-refractivity contribution < 1.29 is 55.8 Å². The zero-order valence-corrected chi connectivity index (χ0v) is 60.7. The summed E-state index contributed by atoms with van der Waals surface area (Å²) in [5, 5.41) is 11.3. The smallest absolute Gasteiger partial charge is 0.407 e. The van der Waals surface area contributed by atoms with E-state index in [0.29, 0.717) is 52.6 Å². The van der Waals surface area contributed by atoms with Crippen LogP contribution in [-0.2, 0) is 36.7 Å². The molecule has 0 spiro atoms. The number of ether oxygens (including phenoxy) is 6. The molecule has 0 saturated heterocycles. The second kappa shape index (κ2) is 53.2. The third-order valence-corrected chi connectivity index (χ3v) is 25.4. The third kappa shape index (κ3) is 58.8. The molecule has 506 valence electrons. The Morgan fingerprint density at radius 2 is 0.776 bits per heavy atom. The number of alkyl carbamates (subject to hydrolysis) is 4. The van der Waals surface area contributed by atoms with E-state index in [0.717, 1.165) is 168 Å². The van der Waals surface area contributed by atoms with Crippen LogP contribution in [-0.4, -0.2) is 278 Å². The van der Waals surface area contributed by atoms with Crippen LogP contribution in [0.2, 0.25) is 51.4 Å². The Balaban J connectivity index is 0. The molecule has 4 N–H and O–H groups in total. The largest absolute Gasteiger partial charge is 0.447 e. The van der Waals surface area contributed by atoms with E-state index >= 15 is 0 Å². The second-order valence-electron chi connectivity index (χ2n) is 25.0. The van der Waals surface area contributed by atoms with Crippen LogP contribution in [0.3, 0.4) is 0 Å². The highest BCUT2D eigenvalue weighted by Gasteiger charge is 2.38. The molecule has 0 aliphatic carbocycles. The van der Waals surface area contributed by atoms with Crippen LogP contribution in [0.1, 0.15) is 118 Å². The molecule has 22 nitrogen and oxygen atoms in total. The molecule has 0 bridgehead atoms. The number of carbonyl (C=O) groups is 4. The van der Waals surface area contributed by atoms with E-state index in [1.54, 1.807) is 0 Å². The summed E-state index contributed by atoms with van der Waals surface area (Å²) in [5.74, 6) is 0. The van der Waals surface area contributed by atoms with Gasteiger partial charge in [-0.25, -0.2) is 19.2 Å². The van der Waals surface area contributed by atoms with E-state index in [2.05, 4.69) is 153 Å². The minimum Gasteiger partial charge on any atom is -0.447 e. The standard InChI is InChI=1S/C34H77N5O7Si3.C26H55N5O5/c1-13-47(7,8)45-49(11,12)46-48(9,10)30-20-27-42-28-29-43-33(40)35-21-16-14-15-17-22-36-34(41)44-32(2)31-39(25-18-23-37(3)4)26-19-24-38(5)6;1-7-30(6)18-14-20-31(19-13-17-29(4)5)23-24(3)36-26(33)28-16-12-10-9-11-15-27-25(32)35-22-21-34-8-2/h32H,13-31H2,1-12H3,(H,35,40)(H,36,41);24H,7-23H2,1-6H3,(H,27,32)(H,28,33). The molecule has 0 fully saturated rings. The molecule has 0 saturated carbocycles. The van der Waals surface area contributed by atoms with Crippen molar-refractivity contribution in [3.05, 3.63) is 0 Å². The van der Waals surface area contributed by atoms with Gasteiger partial charge in [-0.3, -0.25) is 9.80 Å². The summed E-state index contributed by atoms with van der Waals surface area (Å²) < 4.78 is 45.3. The van der Waals surface area contributed by atoms with Gasteiger partial charge in [-0.1, -0.05) is 39.5 Å². The molecule has 0 heterocycles. The van der Waals surface area contributed by atoms with Crippen molar-refractivity contribution in [3.8, 4) is 0 Å². The Kier molecular flexibility index (Phi) is 52.8. The van der Waals surface area contributed by atoms with E-state index in [4.69, 9.17) is 36.7 Å².